The van der Waals surface area contributed by atoms with E-state index in [2.05, 4.69) is 0 Å². The zero-order chi connectivity index (χ0) is 12.5. The molecule has 94 valence electrons. The van der Waals surface area contributed by atoms with Crippen LogP contribution in [-0.4, -0.2) is 26.3 Å². The van der Waals surface area contributed by atoms with Gasteiger partial charge in [0.15, 0.2) is 0 Å². The Bertz CT molecular complexity index is 489. The zero-order valence-corrected chi connectivity index (χ0v) is 10.1. The fourth-order valence-corrected chi connectivity index (χ4v) is 2.43. The zero-order valence-electron chi connectivity index (χ0n) is 10.1. The van der Waals surface area contributed by atoms with E-state index in [1.807, 2.05) is 30.3 Å². The maximum atomic E-state index is 11.8. The number of hydrogen-bond donors (Lipinski definition) is 0. The number of fused-ring (bicyclic) bond motifs is 1. The molecule has 1 aromatic carbocycles. The van der Waals surface area contributed by atoms with Gasteiger partial charge in [-0.05, 0) is 29.3 Å². The Morgan fingerprint density at radius 2 is 2.06 bits per heavy atom. The van der Waals surface area contributed by atoms with E-state index in [9.17, 15) is 4.79 Å². The number of benzene rings is 1. The topological polar surface area (TPSA) is 44.8 Å². The molecule has 2 aliphatic rings. The summed E-state index contributed by atoms with van der Waals surface area (Å²) in [5.74, 6) is 0.316. The minimum Gasteiger partial charge on any atom is -0.497 e. The van der Waals surface area contributed by atoms with Crippen molar-refractivity contribution in [1.82, 2.24) is 0 Å². The van der Waals surface area contributed by atoms with Gasteiger partial charge in [0, 0.05) is 0 Å². The van der Waals surface area contributed by atoms with Crippen LogP contribution in [0.25, 0.3) is 0 Å². The van der Waals surface area contributed by atoms with Crippen molar-refractivity contribution in [2.75, 3.05) is 20.3 Å². The van der Waals surface area contributed by atoms with Crippen LogP contribution >= 0.6 is 0 Å². The lowest BCUT2D eigenvalue weighted by Gasteiger charge is -2.21. The summed E-state index contributed by atoms with van der Waals surface area (Å²) in [5.41, 5.74) is 2.01. The second-order valence-corrected chi connectivity index (χ2v) is 4.39. The number of hydrogen-bond acceptors (Lipinski definition) is 4. The molecule has 0 aromatic heterocycles. The maximum Gasteiger partial charge on any atom is 0.316 e. The molecule has 0 amide bonds. The lowest BCUT2D eigenvalue weighted by Crippen LogP contribution is -2.25. The summed E-state index contributed by atoms with van der Waals surface area (Å²) in [5, 5.41) is 0. The van der Waals surface area contributed by atoms with Crippen LogP contribution < -0.4 is 4.74 Å². The number of rotatable bonds is 2. The molecule has 1 fully saturated rings. The molecule has 0 unspecified atom stereocenters. The van der Waals surface area contributed by atoms with E-state index in [1.165, 1.54) is 0 Å². The molecule has 4 heteroatoms. The third-order valence-corrected chi connectivity index (χ3v) is 3.40. The first kappa shape index (κ1) is 11.3. The third kappa shape index (κ3) is 1.78. The van der Waals surface area contributed by atoms with Gasteiger partial charge in [0.1, 0.15) is 24.4 Å². The number of cyclic esters (lactones) is 1. The van der Waals surface area contributed by atoms with Crippen molar-refractivity contribution in [3.8, 4) is 5.75 Å². The summed E-state index contributed by atoms with van der Waals surface area (Å²) >= 11 is 0. The molecule has 0 aliphatic carbocycles. The van der Waals surface area contributed by atoms with Gasteiger partial charge in [0.25, 0.3) is 0 Å². The summed E-state index contributed by atoms with van der Waals surface area (Å²) < 4.78 is 15.9. The summed E-state index contributed by atoms with van der Waals surface area (Å²) in [7, 11) is 1.63. The van der Waals surface area contributed by atoms with Crippen molar-refractivity contribution in [2.24, 2.45) is 5.92 Å². The average molecular weight is 246 g/mol. The quantitative estimate of drug-likeness (QED) is 0.590. The third-order valence-electron chi connectivity index (χ3n) is 3.40. The minimum atomic E-state index is -0.285. The first-order chi connectivity index (χ1) is 8.79. The molecule has 0 saturated carbocycles. The van der Waals surface area contributed by atoms with Gasteiger partial charge in [-0.2, -0.15) is 0 Å². The smallest absolute Gasteiger partial charge is 0.316 e. The van der Waals surface area contributed by atoms with Crippen molar-refractivity contribution in [1.29, 1.82) is 0 Å². The predicted octanol–water partition coefficient (Wildman–Crippen LogP) is 1.87. The molecule has 0 N–H and O–H groups in total. The van der Waals surface area contributed by atoms with Gasteiger partial charge in [-0.25, -0.2) is 0 Å². The Balaban J connectivity index is 1.90. The largest absolute Gasteiger partial charge is 0.497 e. The lowest BCUT2D eigenvalue weighted by molar-refractivity contribution is -0.149. The van der Waals surface area contributed by atoms with Gasteiger partial charge < -0.3 is 14.2 Å². The highest BCUT2D eigenvalue weighted by molar-refractivity contribution is 5.78. The van der Waals surface area contributed by atoms with Crippen molar-refractivity contribution in [3.05, 3.63) is 41.5 Å². The first-order valence-electron chi connectivity index (χ1n) is 5.90. The molecule has 18 heavy (non-hydrogen) atoms. The van der Waals surface area contributed by atoms with E-state index in [0.29, 0.717) is 13.2 Å². The number of carbonyl (C=O) groups excluding carboxylic acids is 1. The Morgan fingerprint density at radius 1 is 1.28 bits per heavy atom. The summed E-state index contributed by atoms with van der Waals surface area (Å²) in [4.78, 5) is 11.8. The number of carbonyl (C=O) groups is 1. The lowest BCUT2D eigenvalue weighted by atomic mass is 9.90. The molecule has 4 nitrogen and oxygen atoms in total. The minimum absolute atomic E-state index is 0.189. The molecule has 1 aromatic rings. The molecular formula is C14H14O4. The Labute approximate surface area is 105 Å². The van der Waals surface area contributed by atoms with E-state index in [1.54, 1.807) is 7.11 Å². The van der Waals surface area contributed by atoms with Crippen LogP contribution in [0.3, 0.4) is 0 Å². The molecule has 3 rings (SSSR count). The van der Waals surface area contributed by atoms with E-state index in [0.717, 1.165) is 16.9 Å². The molecular weight excluding hydrogens is 232 g/mol. The van der Waals surface area contributed by atoms with Crippen LogP contribution in [-0.2, 0) is 14.3 Å². The van der Waals surface area contributed by atoms with E-state index >= 15 is 0 Å². The SMILES string of the molecule is COc1ccc([C@@H]2OCC3=CCOC(=O)[C@H]32)cc1. The molecule has 2 heterocycles. The number of esters is 1. The highest BCUT2D eigenvalue weighted by Gasteiger charge is 2.41. The van der Waals surface area contributed by atoms with Gasteiger partial charge in [-0.15, -0.1) is 0 Å². The van der Waals surface area contributed by atoms with Gasteiger partial charge >= 0.3 is 5.97 Å². The standard InChI is InChI=1S/C14H14O4/c1-16-11-4-2-9(3-5-11)13-12-10(8-18-13)6-7-17-14(12)15/h2-6,12-13H,7-8H2,1H3/t12-,13+/m1/s1. The highest BCUT2D eigenvalue weighted by atomic mass is 16.5. The van der Waals surface area contributed by atoms with Crippen molar-refractivity contribution in [3.63, 3.8) is 0 Å². The molecule has 0 spiro atoms. The van der Waals surface area contributed by atoms with E-state index in [-0.39, 0.29) is 18.0 Å². The fourth-order valence-electron chi connectivity index (χ4n) is 2.43. The molecule has 2 atom stereocenters. The number of ether oxygens (including phenoxy) is 3. The average Bonchev–Trinajstić information content (AvgIpc) is 2.84. The second kappa shape index (κ2) is 4.46. The predicted molar refractivity (Wildman–Crippen MR) is 64.2 cm³/mol. The van der Waals surface area contributed by atoms with E-state index < -0.39 is 0 Å². The van der Waals surface area contributed by atoms with Crippen molar-refractivity contribution < 1.29 is 19.0 Å². The molecule has 0 radical (unpaired) electrons. The normalized spacial score (nSPS) is 26.3. The Kier molecular flexibility index (Phi) is 2.80. The van der Waals surface area contributed by atoms with Crippen LogP contribution in [0, 0.1) is 5.92 Å². The molecule has 1 saturated heterocycles. The highest BCUT2D eigenvalue weighted by Crippen LogP contribution is 2.40. The number of methoxy groups -OCH3 is 1. The van der Waals surface area contributed by atoms with Gasteiger partial charge in [0.2, 0.25) is 0 Å². The van der Waals surface area contributed by atoms with Crippen LogP contribution in [0.4, 0.5) is 0 Å². The van der Waals surface area contributed by atoms with Crippen molar-refractivity contribution in [2.45, 2.75) is 6.10 Å². The van der Waals surface area contributed by atoms with Crippen molar-refractivity contribution >= 4 is 5.97 Å². The van der Waals surface area contributed by atoms with Crippen LogP contribution in [0.1, 0.15) is 11.7 Å². The van der Waals surface area contributed by atoms with Gasteiger partial charge in [0.05, 0.1) is 13.7 Å². The Hall–Kier alpha value is -1.81. The molecule has 0 bridgehead atoms. The summed E-state index contributed by atoms with van der Waals surface area (Å²) in [6.45, 7) is 0.875. The van der Waals surface area contributed by atoms with Crippen LogP contribution in [0.15, 0.2) is 35.9 Å². The monoisotopic (exact) mass is 246 g/mol. The van der Waals surface area contributed by atoms with Crippen LogP contribution in [0.5, 0.6) is 5.75 Å². The molecule has 2 aliphatic heterocycles. The summed E-state index contributed by atoms with van der Waals surface area (Å²) in [6.07, 6.45) is 1.70. The first-order valence-corrected chi connectivity index (χ1v) is 5.90. The summed E-state index contributed by atoms with van der Waals surface area (Å²) in [6, 6.07) is 7.59. The van der Waals surface area contributed by atoms with Gasteiger partial charge in [-0.1, -0.05) is 12.1 Å². The Morgan fingerprint density at radius 3 is 2.78 bits per heavy atom. The maximum absolute atomic E-state index is 11.8. The second-order valence-electron chi connectivity index (χ2n) is 4.39. The van der Waals surface area contributed by atoms with E-state index in [4.69, 9.17) is 14.2 Å². The van der Waals surface area contributed by atoms with Crippen LogP contribution in [0.2, 0.25) is 0 Å². The fraction of sp³-hybridized carbons (Fsp3) is 0.357. The van der Waals surface area contributed by atoms with Gasteiger partial charge in [-0.3, -0.25) is 4.79 Å².